The molecule has 0 saturated carbocycles. The van der Waals surface area contributed by atoms with Crippen LogP contribution in [-0.4, -0.2) is 63.6 Å². The quantitative estimate of drug-likeness (QED) is 0.451. The maximum atomic E-state index is 13.6. The zero-order valence-corrected chi connectivity index (χ0v) is 23.5. The SMILES string of the molecule is Cc1ccc(S(=O)(=O)N(CC(C)C)CC(C)C(Cc2ccccc2)NC(=O)OC2COC3OCCC23)cc1. The maximum absolute atomic E-state index is 13.6. The molecule has 2 aliphatic heterocycles. The van der Waals surface area contributed by atoms with E-state index in [1.165, 1.54) is 0 Å². The van der Waals surface area contributed by atoms with Crippen LogP contribution >= 0.6 is 0 Å². The maximum Gasteiger partial charge on any atom is 0.407 e. The van der Waals surface area contributed by atoms with Gasteiger partial charge in [0.2, 0.25) is 10.0 Å². The minimum Gasteiger partial charge on any atom is -0.443 e. The predicted octanol–water partition coefficient (Wildman–Crippen LogP) is 4.38. The average Bonchev–Trinajstić information content (AvgIpc) is 3.49. The van der Waals surface area contributed by atoms with E-state index in [0.29, 0.717) is 26.2 Å². The largest absolute Gasteiger partial charge is 0.443 e. The Labute approximate surface area is 226 Å². The van der Waals surface area contributed by atoms with Gasteiger partial charge in [-0.05, 0) is 49.3 Å². The van der Waals surface area contributed by atoms with E-state index in [0.717, 1.165) is 17.5 Å². The van der Waals surface area contributed by atoms with E-state index in [4.69, 9.17) is 14.2 Å². The van der Waals surface area contributed by atoms with Crippen molar-refractivity contribution in [3.63, 3.8) is 0 Å². The molecule has 2 heterocycles. The van der Waals surface area contributed by atoms with Gasteiger partial charge in [0.05, 0.1) is 24.0 Å². The summed E-state index contributed by atoms with van der Waals surface area (Å²) in [6.45, 7) is 9.48. The molecule has 9 heteroatoms. The summed E-state index contributed by atoms with van der Waals surface area (Å²) >= 11 is 0. The van der Waals surface area contributed by atoms with E-state index in [1.807, 2.05) is 70.2 Å². The summed E-state index contributed by atoms with van der Waals surface area (Å²) in [5.41, 5.74) is 2.05. The molecule has 5 unspecified atom stereocenters. The molecular formula is C29H40N2O6S. The van der Waals surface area contributed by atoms with Crippen LogP contribution in [0.3, 0.4) is 0 Å². The van der Waals surface area contributed by atoms with Crippen LogP contribution in [0.2, 0.25) is 0 Å². The first-order valence-electron chi connectivity index (χ1n) is 13.4. The van der Waals surface area contributed by atoms with Gasteiger partial charge in [0, 0.05) is 19.1 Å². The Balaban J connectivity index is 1.51. The molecule has 2 aliphatic rings. The number of carbonyl (C=O) groups excluding carboxylic acids is 1. The van der Waals surface area contributed by atoms with Crippen LogP contribution in [0.15, 0.2) is 59.5 Å². The minimum absolute atomic E-state index is 0.0481. The first-order chi connectivity index (χ1) is 18.1. The molecule has 2 aromatic rings. The normalized spacial score (nSPS) is 22.8. The number of aryl methyl sites for hydroxylation is 1. The molecule has 0 aliphatic carbocycles. The molecule has 2 fully saturated rings. The summed E-state index contributed by atoms with van der Waals surface area (Å²) in [6, 6.07) is 16.5. The third-order valence-electron chi connectivity index (χ3n) is 7.25. The number of alkyl carbamates (subject to hydrolysis) is 1. The fourth-order valence-electron chi connectivity index (χ4n) is 5.12. The Bertz CT molecular complexity index is 1160. The van der Waals surface area contributed by atoms with Crippen molar-refractivity contribution < 1.29 is 27.4 Å². The molecule has 2 saturated heterocycles. The highest BCUT2D eigenvalue weighted by Crippen LogP contribution is 2.33. The number of nitrogens with one attached hydrogen (secondary N) is 1. The van der Waals surface area contributed by atoms with Crippen molar-refractivity contribution in [2.75, 3.05) is 26.3 Å². The second kappa shape index (κ2) is 12.6. The lowest BCUT2D eigenvalue weighted by Gasteiger charge is -2.31. The number of hydrogen-bond donors (Lipinski definition) is 1. The second-order valence-electron chi connectivity index (χ2n) is 10.9. The van der Waals surface area contributed by atoms with Crippen molar-refractivity contribution in [1.82, 2.24) is 9.62 Å². The van der Waals surface area contributed by atoms with Crippen LogP contribution in [0, 0.1) is 24.7 Å². The molecule has 5 atom stereocenters. The fraction of sp³-hybridized carbons (Fsp3) is 0.552. The lowest BCUT2D eigenvalue weighted by Crippen LogP contribution is -2.48. The van der Waals surface area contributed by atoms with E-state index in [1.54, 1.807) is 16.4 Å². The molecular weight excluding hydrogens is 504 g/mol. The number of rotatable bonds is 11. The van der Waals surface area contributed by atoms with Gasteiger partial charge >= 0.3 is 6.09 Å². The highest BCUT2D eigenvalue weighted by Gasteiger charge is 2.44. The summed E-state index contributed by atoms with van der Waals surface area (Å²) in [7, 11) is -3.71. The van der Waals surface area contributed by atoms with E-state index in [-0.39, 0.29) is 47.6 Å². The van der Waals surface area contributed by atoms with Crippen LogP contribution in [0.1, 0.15) is 38.3 Å². The zero-order chi connectivity index (χ0) is 27.3. The van der Waals surface area contributed by atoms with Crippen molar-refractivity contribution in [3.05, 3.63) is 65.7 Å². The number of ether oxygens (including phenoxy) is 3. The number of sulfonamides is 1. The lowest BCUT2D eigenvalue weighted by molar-refractivity contribution is -0.0907. The van der Waals surface area contributed by atoms with Crippen LogP contribution in [0.25, 0.3) is 0 Å². The van der Waals surface area contributed by atoms with Gasteiger partial charge in [-0.1, -0.05) is 68.8 Å². The second-order valence-corrected chi connectivity index (χ2v) is 12.9. The first-order valence-corrected chi connectivity index (χ1v) is 14.9. The average molecular weight is 545 g/mol. The van der Waals surface area contributed by atoms with Crippen molar-refractivity contribution in [3.8, 4) is 0 Å². The topological polar surface area (TPSA) is 94.2 Å². The summed E-state index contributed by atoms with van der Waals surface area (Å²) in [6.07, 6.45) is 0.176. The molecule has 0 aromatic heterocycles. The number of nitrogens with zero attached hydrogens (tertiary/aromatic N) is 1. The van der Waals surface area contributed by atoms with Gasteiger partial charge in [-0.3, -0.25) is 0 Å². The highest BCUT2D eigenvalue weighted by atomic mass is 32.2. The molecule has 2 aromatic carbocycles. The first kappa shape index (κ1) is 28.5. The van der Waals surface area contributed by atoms with E-state index >= 15 is 0 Å². The van der Waals surface area contributed by atoms with Crippen molar-refractivity contribution in [2.45, 2.75) is 63.9 Å². The van der Waals surface area contributed by atoms with Crippen LogP contribution < -0.4 is 5.32 Å². The molecule has 38 heavy (non-hydrogen) atoms. The molecule has 1 N–H and O–H groups in total. The monoisotopic (exact) mass is 544 g/mol. The molecule has 0 spiro atoms. The lowest BCUT2D eigenvalue weighted by atomic mass is 9.94. The Hall–Kier alpha value is -2.46. The number of hydrogen-bond acceptors (Lipinski definition) is 6. The highest BCUT2D eigenvalue weighted by molar-refractivity contribution is 7.89. The standard InChI is InChI=1S/C29H40N2O6S/c1-20(2)17-31(38(33,34)24-12-10-21(3)11-13-24)18-22(4)26(16-23-8-6-5-7-9-23)30-29(32)37-27-19-36-28-25(27)14-15-35-28/h5-13,20,22,25-28H,14-19H2,1-4H3,(H,30,32). The van der Waals surface area contributed by atoms with Crippen molar-refractivity contribution in [1.29, 1.82) is 0 Å². The van der Waals surface area contributed by atoms with Crippen LogP contribution in [0.4, 0.5) is 4.79 Å². The Morgan fingerprint density at radius 1 is 1.05 bits per heavy atom. The Morgan fingerprint density at radius 3 is 2.45 bits per heavy atom. The smallest absolute Gasteiger partial charge is 0.407 e. The van der Waals surface area contributed by atoms with Gasteiger partial charge in [-0.25, -0.2) is 13.2 Å². The molecule has 4 rings (SSSR count). The number of amides is 1. The molecule has 208 valence electrons. The minimum atomic E-state index is -3.71. The summed E-state index contributed by atoms with van der Waals surface area (Å²) in [5, 5.41) is 3.05. The molecule has 0 bridgehead atoms. The summed E-state index contributed by atoms with van der Waals surface area (Å²) in [4.78, 5) is 13.3. The van der Waals surface area contributed by atoms with Crippen LogP contribution in [-0.2, 0) is 30.7 Å². The third-order valence-corrected chi connectivity index (χ3v) is 9.10. The molecule has 1 amide bonds. The van der Waals surface area contributed by atoms with Gasteiger partial charge < -0.3 is 19.5 Å². The molecule has 0 radical (unpaired) electrons. The molecule has 8 nitrogen and oxygen atoms in total. The van der Waals surface area contributed by atoms with Crippen molar-refractivity contribution in [2.24, 2.45) is 17.8 Å². The summed E-state index contributed by atoms with van der Waals surface area (Å²) in [5.74, 6) is -0.00656. The third kappa shape index (κ3) is 7.14. The number of fused-ring (bicyclic) bond motifs is 1. The van der Waals surface area contributed by atoms with Gasteiger partial charge in [0.15, 0.2) is 6.29 Å². The Morgan fingerprint density at radius 2 is 1.76 bits per heavy atom. The fourth-order valence-corrected chi connectivity index (χ4v) is 6.82. The van der Waals surface area contributed by atoms with Gasteiger partial charge in [-0.2, -0.15) is 4.31 Å². The van der Waals surface area contributed by atoms with Gasteiger partial charge in [-0.15, -0.1) is 0 Å². The van der Waals surface area contributed by atoms with Gasteiger partial charge in [0.1, 0.15) is 6.10 Å². The van der Waals surface area contributed by atoms with E-state index in [2.05, 4.69) is 5.32 Å². The zero-order valence-electron chi connectivity index (χ0n) is 22.7. The van der Waals surface area contributed by atoms with Crippen LogP contribution in [0.5, 0.6) is 0 Å². The number of benzene rings is 2. The van der Waals surface area contributed by atoms with Gasteiger partial charge in [0.25, 0.3) is 0 Å². The van der Waals surface area contributed by atoms with Crippen molar-refractivity contribution >= 4 is 16.1 Å². The van der Waals surface area contributed by atoms with E-state index in [9.17, 15) is 13.2 Å². The summed E-state index contributed by atoms with van der Waals surface area (Å²) < 4.78 is 45.8. The van der Waals surface area contributed by atoms with E-state index < -0.39 is 16.1 Å². The Kier molecular flexibility index (Phi) is 9.46. The number of carbonyl (C=O) groups is 1. The predicted molar refractivity (Wildman–Crippen MR) is 145 cm³/mol.